The van der Waals surface area contributed by atoms with Crippen molar-refractivity contribution in [1.29, 1.82) is 0 Å². The third-order valence-corrected chi connectivity index (χ3v) is 14.2. The van der Waals surface area contributed by atoms with E-state index < -0.39 is 11.7 Å². The molecule has 0 saturated carbocycles. The van der Waals surface area contributed by atoms with Gasteiger partial charge in [0, 0.05) is 70.7 Å². The molecule has 4 heterocycles. The van der Waals surface area contributed by atoms with E-state index in [0.29, 0.717) is 41.1 Å². The first kappa shape index (κ1) is 46.1. The lowest BCUT2D eigenvalue weighted by Crippen LogP contribution is -2.43. The molecule has 6 aromatic rings. The molecule has 360 valence electrons. The van der Waals surface area contributed by atoms with E-state index in [4.69, 9.17) is 18.9 Å². The van der Waals surface area contributed by atoms with Crippen LogP contribution >= 0.6 is 0 Å². The van der Waals surface area contributed by atoms with Gasteiger partial charge in [-0.25, -0.2) is 0 Å². The van der Waals surface area contributed by atoms with E-state index in [1.54, 1.807) is 60.7 Å². The highest BCUT2D eigenvalue weighted by Crippen LogP contribution is 2.57. The van der Waals surface area contributed by atoms with Gasteiger partial charge in [0.25, 0.3) is 0 Å². The molecule has 0 amide bonds. The number of aliphatic hydroxyl groups is 2. The fourth-order valence-electron chi connectivity index (χ4n) is 11.0. The Labute approximate surface area is 420 Å². The Morgan fingerprint density at radius 1 is 0.542 bits per heavy atom. The molecule has 12 nitrogen and oxygen atoms in total. The monoisotopic (exact) mass is 963 g/mol. The minimum atomic E-state index is -0.927. The molecule has 0 bridgehead atoms. The number of carbonyl (C=O) groups is 2. The number of ketones is 2. The summed E-state index contributed by atoms with van der Waals surface area (Å²) in [6, 6.07) is 38.7. The van der Waals surface area contributed by atoms with Crippen molar-refractivity contribution in [1.82, 2.24) is 0 Å². The highest BCUT2D eigenvalue weighted by molar-refractivity contribution is 6.01. The Hall–Kier alpha value is -8.26. The molecule has 7 unspecified atom stereocenters. The van der Waals surface area contributed by atoms with E-state index in [1.165, 1.54) is 12.2 Å². The Bertz CT molecular complexity index is 3230. The fourth-order valence-corrected chi connectivity index (χ4v) is 11.0. The average Bonchev–Trinajstić information content (AvgIpc) is 3.80. The Kier molecular flexibility index (Phi) is 12.1. The first-order chi connectivity index (χ1) is 35.0. The second kappa shape index (κ2) is 18.8. The third-order valence-electron chi connectivity index (χ3n) is 14.2. The maximum atomic E-state index is 11.9. The maximum absolute atomic E-state index is 11.9. The van der Waals surface area contributed by atoms with Crippen LogP contribution in [0.1, 0.15) is 67.6 Å². The molecule has 6 aromatic carbocycles. The Morgan fingerprint density at radius 2 is 1.04 bits per heavy atom. The van der Waals surface area contributed by atoms with Gasteiger partial charge in [-0.3, -0.25) is 9.59 Å². The zero-order valence-electron chi connectivity index (χ0n) is 42.5. The molecule has 1 spiro atoms. The molecule has 72 heavy (non-hydrogen) atoms. The molecule has 0 aromatic heterocycles. The van der Waals surface area contributed by atoms with Gasteiger partial charge in [-0.05, 0) is 69.8 Å². The smallest absolute Gasteiger partial charge is 0.846 e. The number of carbonyl (C=O) groups excluding carboxylic acids is 2. The van der Waals surface area contributed by atoms with Crippen molar-refractivity contribution in [3.63, 3.8) is 0 Å². The molecule has 5 N–H and O–H groups in total. The van der Waals surface area contributed by atoms with Crippen molar-refractivity contribution >= 4 is 11.6 Å². The van der Waals surface area contributed by atoms with Crippen molar-refractivity contribution in [2.75, 3.05) is 0 Å². The number of aliphatic hydroxyl groups excluding tert-OH is 2. The van der Waals surface area contributed by atoms with Crippen LogP contribution in [-0.4, -0.2) is 43.2 Å². The predicted octanol–water partition coefficient (Wildman–Crippen LogP) is 8.90. The summed E-state index contributed by atoms with van der Waals surface area (Å²) in [6.07, 6.45) is 14.0. The Balaban J connectivity index is 0.000000162. The molecule has 13 rings (SSSR count). The zero-order valence-corrected chi connectivity index (χ0v) is 38.5. The summed E-state index contributed by atoms with van der Waals surface area (Å²) in [5, 5.41) is 60.7. The largest absolute Gasteiger partial charge is 1.00 e. The summed E-state index contributed by atoms with van der Waals surface area (Å²) in [7, 11) is 0. The minimum Gasteiger partial charge on any atom is -0.846 e. The molecule has 7 atom stereocenters. The molecule has 4 aliphatic heterocycles. The van der Waals surface area contributed by atoms with Gasteiger partial charge in [0.15, 0.2) is 11.6 Å². The summed E-state index contributed by atoms with van der Waals surface area (Å²) in [5.74, 6) is 2.86. The van der Waals surface area contributed by atoms with Crippen LogP contribution in [0.3, 0.4) is 0 Å². The van der Waals surface area contributed by atoms with Crippen LogP contribution in [0.25, 0.3) is 0 Å². The lowest BCUT2D eigenvalue weighted by molar-refractivity contribution is -0.387. The van der Waals surface area contributed by atoms with Crippen molar-refractivity contribution in [3.05, 3.63) is 249 Å². The van der Waals surface area contributed by atoms with Crippen LogP contribution in [0.2, 0.25) is 0 Å². The fraction of sp³-hybridized carbons (Fsp3) is 0.167. The number of fused-ring (bicyclic) bond motifs is 10. The summed E-state index contributed by atoms with van der Waals surface area (Å²) >= 11 is 0. The van der Waals surface area contributed by atoms with Crippen molar-refractivity contribution in [3.8, 4) is 34.5 Å². The Morgan fingerprint density at radius 3 is 1.61 bits per heavy atom. The number of rotatable bonds is 4. The standard InChI is InChI=1S/C20H15O4.2C20H16O4/c21-13-5-7-16-18(9-13)24-19-10-14(22)6-8-17(19)20(16)15-4-2-1-3-12(15)11-23-20;2*21-11-12-3-1-2-4-15(12)20-16-7-5-13(22)9-18(16)24-19-10-14(23)6-8-17(19)20/h1-10,13,16,22H,11H2;2*1-10,16,20-21,23H,11H2/q-1;;/p+4. The van der Waals surface area contributed by atoms with Gasteiger partial charge in [0.1, 0.15) is 57.4 Å². The van der Waals surface area contributed by atoms with Gasteiger partial charge in [0.2, 0.25) is 0 Å². The van der Waals surface area contributed by atoms with Crippen molar-refractivity contribution < 1.29 is 64.9 Å². The quantitative estimate of drug-likeness (QED) is 0.106. The SMILES string of the molecule is O=C1C=CC2C(=C1)Oc1cc(O)ccc1C2c1ccccc1CO.O=C1C=CC2C(=C1)Oc1cc(O)ccc1C2c1ccccc1CO.[H+].[H+].[H+].[H+].[O-]C1C=CC2C(=C1)Oc1cc(O)ccc1C21OCc2ccccc21. The van der Waals surface area contributed by atoms with Gasteiger partial charge in [-0.2, -0.15) is 0 Å². The number of phenols is 3. The van der Waals surface area contributed by atoms with E-state index in [2.05, 4.69) is 12.1 Å². The van der Waals surface area contributed by atoms with Crippen molar-refractivity contribution in [2.24, 2.45) is 17.8 Å². The highest BCUT2D eigenvalue weighted by Gasteiger charge is 2.54. The van der Waals surface area contributed by atoms with Gasteiger partial charge < -0.3 is 49.6 Å². The van der Waals surface area contributed by atoms with E-state index in [-0.39, 0.29) is 77.3 Å². The number of allylic oxidation sites excluding steroid dienone is 6. The number of aromatic hydroxyl groups is 3. The number of hydrogen-bond donors (Lipinski definition) is 5. The van der Waals surface area contributed by atoms with Gasteiger partial charge >= 0.3 is 5.71 Å². The molecule has 3 aliphatic carbocycles. The molecule has 7 aliphatic rings. The van der Waals surface area contributed by atoms with E-state index >= 15 is 0 Å². The lowest BCUT2D eigenvalue weighted by Gasteiger charge is -2.44. The summed E-state index contributed by atoms with van der Waals surface area (Å²) in [5.41, 5.74) is 7.89. The van der Waals surface area contributed by atoms with Crippen LogP contribution in [-0.2, 0) is 39.7 Å². The third kappa shape index (κ3) is 8.19. The second-order valence-corrected chi connectivity index (χ2v) is 18.3. The van der Waals surface area contributed by atoms with Gasteiger partial charge in [0.05, 0.1) is 25.7 Å². The summed E-state index contributed by atoms with van der Waals surface area (Å²) in [4.78, 5) is 23.5. The van der Waals surface area contributed by atoms with Crippen LogP contribution in [0.5, 0.6) is 34.5 Å². The van der Waals surface area contributed by atoms with Crippen LogP contribution in [0, 0.1) is 17.8 Å². The summed E-state index contributed by atoms with van der Waals surface area (Å²) in [6.45, 7) is 0.389. The van der Waals surface area contributed by atoms with Gasteiger partial charge in [-0.1, -0.05) is 121 Å². The molecule has 0 saturated heterocycles. The molecule has 12 heteroatoms. The predicted molar refractivity (Wildman–Crippen MR) is 267 cm³/mol. The minimum absolute atomic E-state index is 0. The van der Waals surface area contributed by atoms with Crippen LogP contribution in [0.15, 0.2) is 199 Å². The average molecular weight is 964 g/mol. The maximum Gasteiger partial charge on any atom is 1.00 e. The van der Waals surface area contributed by atoms with E-state index in [9.17, 15) is 40.2 Å². The number of ether oxygens (including phenoxy) is 4. The van der Waals surface area contributed by atoms with E-state index in [0.717, 1.165) is 50.1 Å². The molecular formula is C60H51O12+3. The first-order valence-corrected chi connectivity index (χ1v) is 23.6. The number of phenolic OH excluding ortho intramolecular Hbond substituents is 3. The number of benzene rings is 6. The highest BCUT2D eigenvalue weighted by atomic mass is 16.5. The van der Waals surface area contributed by atoms with Crippen LogP contribution in [0.4, 0.5) is 0 Å². The van der Waals surface area contributed by atoms with E-state index in [1.807, 2.05) is 97.1 Å². The van der Waals surface area contributed by atoms with Crippen molar-refractivity contribution in [2.45, 2.75) is 43.4 Å². The second-order valence-electron chi connectivity index (χ2n) is 18.3. The molecule has 0 radical (unpaired) electrons. The lowest BCUT2D eigenvalue weighted by atomic mass is 9.71. The normalized spacial score (nSPS) is 24.2. The topological polar surface area (TPSA) is 195 Å². The first-order valence-electron chi connectivity index (χ1n) is 23.6. The molecule has 0 fully saturated rings. The van der Waals surface area contributed by atoms with Gasteiger partial charge in [-0.15, -0.1) is 0 Å². The van der Waals surface area contributed by atoms with Crippen LogP contribution < -0.4 is 19.3 Å². The molecular weight excluding hydrogens is 913 g/mol. The zero-order chi connectivity index (χ0) is 49.7. The summed E-state index contributed by atoms with van der Waals surface area (Å²) < 4.78 is 24.1. The number of hydrogen-bond acceptors (Lipinski definition) is 12.